The SMILES string of the molecule is CC(Cc1ccc(O)c(O)c1)C(=O)Nc1cccnc1. The minimum atomic E-state index is -0.265. The van der Waals surface area contributed by atoms with E-state index >= 15 is 0 Å². The van der Waals surface area contributed by atoms with E-state index < -0.39 is 0 Å². The van der Waals surface area contributed by atoms with Crippen molar-refractivity contribution in [3.05, 3.63) is 48.3 Å². The molecule has 1 unspecified atom stereocenters. The summed E-state index contributed by atoms with van der Waals surface area (Å²) in [4.78, 5) is 15.9. The molecule has 2 aromatic rings. The minimum absolute atomic E-state index is 0.120. The number of aromatic nitrogens is 1. The van der Waals surface area contributed by atoms with Crippen LogP contribution in [0.1, 0.15) is 12.5 Å². The van der Waals surface area contributed by atoms with Crippen molar-refractivity contribution in [2.75, 3.05) is 5.32 Å². The van der Waals surface area contributed by atoms with E-state index in [-0.39, 0.29) is 23.3 Å². The van der Waals surface area contributed by atoms with Gasteiger partial charge in [0.2, 0.25) is 5.91 Å². The summed E-state index contributed by atoms with van der Waals surface area (Å²) in [7, 11) is 0. The Bertz CT molecular complexity index is 599. The zero-order valence-electron chi connectivity index (χ0n) is 11.1. The van der Waals surface area contributed by atoms with Gasteiger partial charge in [0.25, 0.3) is 0 Å². The number of carbonyl (C=O) groups excluding carboxylic acids is 1. The van der Waals surface area contributed by atoms with E-state index in [2.05, 4.69) is 10.3 Å². The molecule has 104 valence electrons. The average molecular weight is 272 g/mol. The van der Waals surface area contributed by atoms with Gasteiger partial charge in [-0.1, -0.05) is 13.0 Å². The largest absolute Gasteiger partial charge is 0.504 e. The number of hydrogen-bond acceptors (Lipinski definition) is 4. The molecule has 1 aromatic heterocycles. The number of hydrogen-bond donors (Lipinski definition) is 3. The Labute approximate surface area is 116 Å². The summed E-state index contributed by atoms with van der Waals surface area (Å²) in [6.45, 7) is 1.80. The van der Waals surface area contributed by atoms with Crippen LogP contribution in [0.3, 0.4) is 0 Å². The number of nitrogens with one attached hydrogen (secondary N) is 1. The molecule has 1 aromatic carbocycles. The van der Waals surface area contributed by atoms with Gasteiger partial charge in [0.15, 0.2) is 11.5 Å². The lowest BCUT2D eigenvalue weighted by atomic mass is 10.00. The van der Waals surface area contributed by atoms with Crippen LogP contribution in [0.25, 0.3) is 0 Å². The number of rotatable bonds is 4. The fraction of sp³-hybridized carbons (Fsp3) is 0.200. The first-order valence-corrected chi connectivity index (χ1v) is 6.28. The van der Waals surface area contributed by atoms with Crippen molar-refractivity contribution in [1.29, 1.82) is 0 Å². The lowest BCUT2D eigenvalue weighted by Crippen LogP contribution is -2.22. The normalized spacial score (nSPS) is 11.8. The first kappa shape index (κ1) is 13.9. The van der Waals surface area contributed by atoms with Gasteiger partial charge in [-0.25, -0.2) is 0 Å². The lowest BCUT2D eigenvalue weighted by molar-refractivity contribution is -0.119. The number of amides is 1. The fourth-order valence-corrected chi connectivity index (χ4v) is 1.84. The van der Waals surface area contributed by atoms with Crippen molar-refractivity contribution in [2.24, 2.45) is 5.92 Å². The molecule has 0 radical (unpaired) electrons. The molecule has 0 spiro atoms. The van der Waals surface area contributed by atoms with Gasteiger partial charge in [0, 0.05) is 12.1 Å². The molecule has 3 N–H and O–H groups in total. The molecule has 0 saturated carbocycles. The molecule has 5 nitrogen and oxygen atoms in total. The summed E-state index contributed by atoms with van der Waals surface area (Å²) in [6.07, 6.45) is 3.69. The van der Waals surface area contributed by atoms with Crippen LogP contribution in [-0.2, 0) is 11.2 Å². The van der Waals surface area contributed by atoms with Crippen LogP contribution in [0.2, 0.25) is 0 Å². The molecule has 0 saturated heterocycles. The molecule has 1 atom stereocenters. The average Bonchev–Trinajstić information content (AvgIpc) is 2.44. The van der Waals surface area contributed by atoms with Gasteiger partial charge in [-0.05, 0) is 36.2 Å². The lowest BCUT2D eigenvalue weighted by Gasteiger charge is -2.12. The van der Waals surface area contributed by atoms with Crippen LogP contribution in [-0.4, -0.2) is 21.1 Å². The van der Waals surface area contributed by atoms with Crippen molar-refractivity contribution in [3.63, 3.8) is 0 Å². The summed E-state index contributed by atoms with van der Waals surface area (Å²) in [5.41, 5.74) is 1.44. The van der Waals surface area contributed by atoms with Crippen molar-refractivity contribution in [1.82, 2.24) is 4.98 Å². The van der Waals surface area contributed by atoms with Gasteiger partial charge in [-0.2, -0.15) is 0 Å². The number of anilines is 1. The highest BCUT2D eigenvalue weighted by Gasteiger charge is 2.14. The van der Waals surface area contributed by atoms with E-state index in [4.69, 9.17) is 0 Å². The van der Waals surface area contributed by atoms with Crippen molar-refractivity contribution in [2.45, 2.75) is 13.3 Å². The molecule has 5 heteroatoms. The fourth-order valence-electron chi connectivity index (χ4n) is 1.84. The number of nitrogens with zero attached hydrogens (tertiary/aromatic N) is 1. The second kappa shape index (κ2) is 6.06. The Kier molecular flexibility index (Phi) is 4.20. The molecule has 0 bridgehead atoms. The Balaban J connectivity index is 1.98. The van der Waals surface area contributed by atoms with Crippen molar-refractivity contribution >= 4 is 11.6 Å². The summed E-state index contributed by atoms with van der Waals surface area (Å²) in [5, 5.41) is 21.4. The van der Waals surface area contributed by atoms with E-state index in [1.165, 1.54) is 12.1 Å². The molecule has 0 aliphatic carbocycles. The smallest absolute Gasteiger partial charge is 0.227 e. The number of pyridine rings is 1. The highest BCUT2D eigenvalue weighted by atomic mass is 16.3. The highest BCUT2D eigenvalue weighted by Crippen LogP contribution is 2.26. The van der Waals surface area contributed by atoms with Gasteiger partial charge in [0.05, 0.1) is 11.9 Å². The van der Waals surface area contributed by atoms with Crippen LogP contribution in [0.4, 0.5) is 5.69 Å². The molecule has 0 aliphatic heterocycles. The van der Waals surface area contributed by atoms with Crippen molar-refractivity contribution in [3.8, 4) is 11.5 Å². The summed E-state index contributed by atoms with van der Waals surface area (Å²) >= 11 is 0. The number of phenols is 2. The molecule has 1 heterocycles. The van der Waals surface area contributed by atoms with Crippen LogP contribution < -0.4 is 5.32 Å². The monoisotopic (exact) mass is 272 g/mol. The molecular weight excluding hydrogens is 256 g/mol. The second-order valence-electron chi connectivity index (χ2n) is 4.66. The molecule has 0 fully saturated rings. The maximum atomic E-state index is 12.0. The molecule has 1 amide bonds. The number of benzene rings is 1. The molecule has 2 rings (SSSR count). The summed E-state index contributed by atoms with van der Waals surface area (Å²) in [5.74, 6) is -0.728. The topological polar surface area (TPSA) is 82.5 Å². The number of phenolic OH excluding ortho intramolecular Hbond substituents is 2. The van der Waals surface area contributed by atoms with Gasteiger partial charge in [-0.3, -0.25) is 9.78 Å². The van der Waals surface area contributed by atoms with Gasteiger partial charge >= 0.3 is 0 Å². The third-order valence-corrected chi connectivity index (χ3v) is 2.96. The van der Waals surface area contributed by atoms with Gasteiger partial charge in [0.1, 0.15) is 0 Å². The predicted octanol–water partition coefficient (Wildman–Crippen LogP) is 2.31. The molecule has 0 aliphatic rings. The second-order valence-corrected chi connectivity index (χ2v) is 4.66. The molecule has 20 heavy (non-hydrogen) atoms. The maximum absolute atomic E-state index is 12.0. The quantitative estimate of drug-likeness (QED) is 0.746. The highest BCUT2D eigenvalue weighted by molar-refractivity contribution is 5.92. The van der Waals surface area contributed by atoms with Crippen LogP contribution in [0.15, 0.2) is 42.7 Å². The van der Waals surface area contributed by atoms with E-state index in [1.807, 2.05) is 0 Å². The zero-order valence-corrected chi connectivity index (χ0v) is 11.1. The van der Waals surface area contributed by atoms with E-state index in [0.29, 0.717) is 12.1 Å². The Morgan fingerprint density at radius 2 is 2.10 bits per heavy atom. The van der Waals surface area contributed by atoms with Crippen LogP contribution in [0.5, 0.6) is 11.5 Å². The number of aromatic hydroxyl groups is 2. The minimum Gasteiger partial charge on any atom is -0.504 e. The third-order valence-electron chi connectivity index (χ3n) is 2.96. The van der Waals surface area contributed by atoms with Gasteiger partial charge in [-0.15, -0.1) is 0 Å². The predicted molar refractivity (Wildman–Crippen MR) is 75.5 cm³/mol. The van der Waals surface area contributed by atoms with Gasteiger partial charge < -0.3 is 15.5 Å². The summed E-state index contributed by atoms with van der Waals surface area (Å²) in [6, 6.07) is 8.07. The summed E-state index contributed by atoms with van der Waals surface area (Å²) < 4.78 is 0. The Morgan fingerprint density at radius 1 is 1.30 bits per heavy atom. The van der Waals surface area contributed by atoms with Crippen LogP contribution >= 0.6 is 0 Å². The molecular formula is C15H16N2O3. The third kappa shape index (κ3) is 3.47. The maximum Gasteiger partial charge on any atom is 0.227 e. The number of carbonyl (C=O) groups is 1. The zero-order chi connectivity index (χ0) is 14.5. The van der Waals surface area contributed by atoms with Crippen LogP contribution in [0, 0.1) is 5.92 Å². The van der Waals surface area contributed by atoms with Crippen molar-refractivity contribution < 1.29 is 15.0 Å². The Hall–Kier alpha value is -2.56. The first-order valence-electron chi connectivity index (χ1n) is 6.28. The van der Waals surface area contributed by atoms with E-state index in [0.717, 1.165) is 5.56 Å². The first-order chi connectivity index (χ1) is 9.56. The van der Waals surface area contributed by atoms with E-state index in [1.54, 1.807) is 37.5 Å². The Morgan fingerprint density at radius 3 is 2.75 bits per heavy atom. The van der Waals surface area contributed by atoms with E-state index in [9.17, 15) is 15.0 Å². The standard InChI is InChI=1S/C15H16N2O3/c1-10(7-11-4-5-13(18)14(19)8-11)15(20)17-12-3-2-6-16-9-12/h2-6,8-10,18-19H,7H2,1H3,(H,17,20).